The second-order valence-electron chi connectivity index (χ2n) is 4.97. The van der Waals surface area contributed by atoms with Gasteiger partial charge in [0.05, 0.1) is 22.4 Å². The van der Waals surface area contributed by atoms with Gasteiger partial charge in [-0.15, -0.1) is 11.3 Å². The number of aryl methyl sites for hydroxylation is 2. The van der Waals surface area contributed by atoms with E-state index in [-0.39, 0.29) is 17.2 Å². The molecule has 0 spiro atoms. The molecule has 0 saturated carbocycles. The minimum absolute atomic E-state index is 0.0618. The predicted molar refractivity (Wildman–Crippen MR) is 90.7 cm³/mol. The van der Waals surface area contributed by atoms with Gasteiger partial charge in [-0.1, -0.05) is 18.5 Å². The zero-order valence-corrected chi connectivity index (χ0v) is 14.6. The van der Waals surface area contributed by atoms with Crippen LogP contribution in [0.2, 0.25) is 5.15 Å². The summed E-state index contributed by atoms with van der Waals surface area (Å²) in [7, 11) is 1.76. The SMILES string of the molecule is CCc1nc(C)c(C(C)N(C)C(=O)Nc2cccnc2Cl)s1. The Hall–Kier alpha value is -1.66. The number of amides is 2. The predicted octanol–water partition coefficient (Wildman–Crippen LogP) is 4.29. The van der Waals surface area contributed by atoms with Crippen LogP contribution in [0.1, 0.15) is 35.5 Å². The Bertz CT molecular complexity index is 673. The molecule has 5 nitrogen and oxygen atoms in total. The van der Waals surface area contributed by atoms with E-state index < -0.39 is 0 Å². The zero-order valence-electron chi connectivity index (χ0n) is 13.1. The van der Waals surface area contributed by atoms with Gasteiger partial charge >= 0.3 is 6.03 Å². The van der Waals surface area contributed by atoms with E-state index in [1.807, 2.05) is 13.8 Å². The van der Waals surface area contributed by atoms with Crippen LogP contribution in [0.15, 0.2) is 18.3 Å². The van der Waals surface area contributed by atoms with E-state index in [0.29, 0.717) is 5.69 Å². The number of nitrogens with zero attached hydrogens (tertiary/aromatic N) is 3. The zero-order chi connectivity index (χ0) is 16.3. The quantitative estimate of drug-likeness (QED) is 0.846. The first-order chi connectivity index (χ1) is 10.4. The van der Waals surface area contributed by atoms with Crippen molar-refractivity contribution >= 4 is 34.7 Å². The summed E-state index contributed by atoms with van der Waals surface area (Å²) in [6.45, 7) is 6.04. The molecule has 2 rings (SSSR count). The molecule has 2 aromatic heterocycles. The van der Waals surface area contributed by atoms with Crippen molar-refractivity contribution in [3.8, 4) is 0 Å². The van der Waals surface area contributed by atoms with E-state index >= 15 is 0 Å². The minimum Gasteiger partial charge on any atom is -0.320 e. The van der Waals surface area contributed by atoms with Crippen LogP contribution in [0.3, 0.4) is 0 Å². The van der Waals surface area contributed by atoms with Gasteiger partial charge in [0.2, 0.25) is 0 Å². The molecule has 1 N–H and O–H groups in total. The molecule has 0 radical (unpaired) electrons. The molecule has 2 aromatic rings. The van der Waals surface area contributed by atoms with Crippen molar-refractivity contribution in [3.63, 3.8) is 0 Å². The molecule has 0 fully saturated rings. The number of carbonyl (C=O) groups is 1. The molecule has 118 valence electrons. The molecule has 2 heterocycles. The van der Waals surface area contributed by atoms with Crippen molar-refractivity contribution in [3.05, 3.63) is 39.1 Å². The lowest BCUT2D eigenvalue weighted by atomic mass is 10.2. The van der Waals surface area contributed by atoms with Crippen molar-refractivity contribution in [2.24, 2.45) is 0 Å². The van der Waals surface area contributed by atoms with Crippen LogP contribution in [-0.2, 0) is 6.42 Å². The third kappa shape index (κ3) is 3.56. The Morgan fingerprint density at radius 3 is 2.86 bits per heavy atom. The molecular weight excluding hydrogens is 320 g/mol. The summed E-state index contributed by atoms with van der Waals surface area (Å²) < 4.78 is 0. The van der Waals surface area contributed by atoms with Crippen LogP contribution in [0.4, 0.5) is 10.5 Å². The second kappa shape index (κ2) is 7.07. The molecule has 1 unspecified atom stereocenters. The highest BCUT2D eigenvalue weighted by atomic mass is 35.5. The summed E-state index contributed by atoms with van der Waals surface area (Å²) in [6.07, 6.45) is 2.48. The number of halogens is 1. The first kappa shape index (κ1) is 16.7. The fourth-order valence-electron chi connectivity index (χ4n) is 2.04. The maximum Gasteiger partial charge on any atom is 0.322 e. The fraction of sp³-hybridized carbons (Fsp3) is 0.400. The summed E-state index contributed by atoms with van der Waals surface area (Å²) >= 11 is 7.62. The highest BCUT2D eigenvalue weighted by Crippen LogP contribution is 2.29. The van der Waals surface area contributed by atoms with Gasteiger partial charge in [-0.25, -0.2) is 14.8 Å². The molecule has 22 heavy (non-hydrogen) atoms. The second-order valence-corrected chi connectivity index (χ2v) is 6.44. The lowest BCUT2D eigenvalue weighted by Gasteiger charge is -2.24. The van der Waals surface area contributed by atoms with E-state index in [2.05, 4.69) is 22.2 Å². The highest BCUT2D eigenvalue weighted by Gasteiger charge is 2.22. The third-order valence-corrected chi connectivity index (χ3v) is 5.23. The van der Waals surface area contributed by atoms with E-state index in [1.165, 1.54) is 0 Å². The number of urea groups is 1. The Balaban J connectivity index is 2.12. The van der Waals surface area contributed by atoms with Crippen molar-refractivity contribution in [2.45, 2.75) is 33.2 Å². The maximum absolute atomic E-state index is 12.4. The van der Waals surface area contributed by atoms with Crippen molar-refractivity contribution in [2.75, 3.05) is 12.4 Å². The van der Waals surface area contributed by atoms with Gasteiger partial charge in [0.25, 0.3) is 0 Å². The normalized spacial score (nSPS) is 12.0. The Morgan fingerprint density at radius 2 is 2.27 bits per heavy atom. The smallest absolute Gasteiger partial charge is 0.320 e. The summed E-state index contributed by atoms with van der Waals surface area (Å²) in [4.78, 5) is 23.6. The Labute approximate surface area is 139 Å². The van der Waals surface area contributed by atoms with Crippen LogP contribution in [0.25, 0.3) is 0 Å². The molecular formula is C15H19ClN4OS. The van der Waals surface area contributed by atoms with Gasteiger partial charge in [-0.05, 0) is 32.4 Å². The van der Waals surface area contributed by atoms with Crippen LogP contribution >= 0.6 is 22.9 Å². The number of anilines is 1. The van der Waals surface area contributed by atoms with Gasteiger partial charge in [-0.3, -0.25) is 0 Å². The lowest BCUT2D eigenvalue weighted by Crippen LogP contribution is -2.33. The largest absolute Gasteiger partial charge is 0.322 e. The van der Waals surface area contributed by atoms with Crippen molar-refractivity contribution in [1.29, 1.82) is 0 Å². The first-order valence-electron chi connectivity index (χ1n) is 7.04. The van der Waals surface area contributed by atoms with Crippen LogP contribution < -0.4 is 5.32 Å². The summed E-state index contributed by atoms with van der Waals surface area (Å²) in [5.74, 6) is 0. The van der Waals surface area contributed by atoms with E-state index in [9.17, 15) is 4.79 Å². The topological polar surface area (TPSA) is 58.1 Å². The summed E-state index contributed by atoms with van der Waals surface area (Å²) in [5, 5.41) is 4.14. The number of hydrogen-bond donors (Lipinski definition) is 1. The van der Waals surface area contributed by atoms with Gasteiger partial charge in [0.1, 0.15) is 0 Å². The summed E-state index contributed by atoms with van der Waals surface area (Å²) in [6, 6.07) is 3.16. The average molecular weight is 339 g/mol. The molecule has 1 atom stereocenters. The van der Waals surface area contributed by atoms with Gasteiger partial charge < -0.3 is 10.2 Å². The van der Waals surface area contributed by atoms with Crippen LogP contribution in [0, 0.1) is 6.92 Å². The average Bonchev–Trinajstić information content (AvgIpc) is 2.89. The number of nitrogens with one attached hydrogen (secondary N) is 1. The maximum atomic E-state index is 12.4. The molecule has 0 aromatic carbocycles. The number of carbonyl (C=O) groups excluding carboxylic acids is 1. The molecule has 0 bridgehead atoms. The van der Waals surface area contributed by atoms with E-state index in [4.69, 9.17) is 11.6 Å². The summed E-state index contributed by atoms with van der Waals surface area (Å²) in [5.41, 5.74) is 1.48. The molecule has 0 aliphatic carbocycles. The highest BCUT2D eigenvalue weighted by molar-refractivity contribution is 7.11. The lowest BCUT2D eigenvalue weighted by molar-refractivity contribution is 0.209. The van der Waals surface area contributed by atoms with Crippen LogP contribution in [0.5, 0.6) is 0 Å². The minimum atomic E-state index is -0.228. The third-order valence-electron chi connectivity index (χ3n) is 3.46. The molecule has 0 aliphatic heterocycles. The molecule has 0 saturated heterocycles. The number of aromatic nitrogens is 2. The molecule has 2 amide bonds. The van der Waals surface area contributed by atoms with Gasteiger partial charge in [-0.2, -0.15) is 0 Å². The van der Waals surface area contributed by atoms with Crippen LogP contribution in [-0.4, -0.2) is 27.9 Å². The van der Waals surface area contributed by atoms with E-state index in [0.717, 1.165) is 22.0 Å². The number of rotatable bonds is 4. The Kier molecular flexibility index (Phi) is 5.37. The number of hydrogen-bond acceptors (Lipinski definition) is 4. The van der Waals surface area contributed by atoms with Gasteiger partial charge in [0.15, 0.2) is 5.15 Å². The molecule has 0 aliphatic rings. The number of pyridine rings is 1. The number of thiazole rings is 1. The molecule has 7 heteroatoms. The van der Waals surface area contributed by atoms with E-state index in [1.54, 1.807) is 41.6 Å². The monoisotopic (exact) mass is 338 g/mol. The van der Waals surface area contributed by atoms with Crippen molar-refractivity contribution in [1.82, 2.24) is 14.9 Å². The fourth-order valence-corrected chi connectivity index (χ4v) is 3.31. The van der Waals surface area contributed by atoms with Crippen molar-refractivity contribution < 1.29 is 4.79 Å². The van der Waals surface area contributed by atoms with Gasteiger partial charge in [0, 0.05) is 18.1 Å². The standard InChI is InChI=1S/C15H19ClN4OS/c1-5-12-18-9(2)13(22-12)10(3)20(4)15(21)19-11-7-6-8-17-14(11)16/h6-8,10H,5H2,1-4H3,(H,19,21). The first-order valence-corrected chi connectivity index (χ1v) is 8.24. The Morgan fingerprint density at radius 1 is 1.55 bits per heavy atom.